The Morgan fingerprint density at radius 3 is 2.48 bits per heavy atom. The molecule has 3 rings (SSSR count). The van der Waals surface area contributed by atoms with Gasteiger partial charge in [0.05, 0.1) is 5.69 Å². The van der Waals surface area contributed by atoms with E-state index in [2.05, 4.69) is 24.5 Å². The molecule has 1 aromatic heterocycles. The first-order valence-corrected chi connectivity index (χ1v) is 8.01. The van der Waals surface area contributed by atoms with E-state index in [9.17, 15) is 13.2 Å². The summed E-state index contributed by atoms with van der Waals surface area (Å²) in [7, 11) is 0. The lowest BCUT2D eigenvalue weighted by Gasteiger charge is -2.35. The molecule has 25 heavy (non-hydrogen) atoms. The van der Waals surface area contributed by atoms with Crippen LogP contribution >= 0.6 is 0 Å². The van der Waals surface area contributed by atoms with Crippen LogP contribution in [0.5, 0.6) is 5.75 Å². The maximum Gasteiger partial charge on any atom is 0.387 e. The quantitative estimate of drug-likeness (QED) is 0.828. The highest BCUT2D eigenvalue weighted by molar-refractivity contribution is 5.42. The minimum Gasteiger partial charge on any atom is -0.432 e. The van der Waals surface area contributed by atoms with Crippen LogP contribution in [0.1, 0.15) is 11.3 Å². The third-order valence-corrected chi connectivity index (χ3v) is 4.15. The van der Waals surface area contributed by atoms with Gasteiger partial charge in [-0.25, -0.2) is 9.37 Å². The van der Waals surface area contributed by atoms with Crippen molar-refractivity contribution in [1.29, 1.82) is 0 Å². The Bertz CT molecular complexity index is 721. The normalized spacial score (nSPS) is 15.6. The standard InChI is InChI=1S/C17H19F3N4O/c1-12-16(22-5-4-21-12)24-8-6-23(7-9-24)11-13-2-3-15(14(18)10-13)25-17(19)20/h2-5,10,17H,6-9,11H2,1H3. The van der Waals surface area contributed by atoms with E-state index in [0.717, 1.165) is 43.3 Å². The third kappa shape index (κ3) is 4.39. The number of aryl methyl sites for hydroxylation is 1. The predicted octanol–water partition coefficient (Wildman–Crippen LogP) is 2.85. The van der Waals surface area contributed by atoms with Crippen molar-refractivity contribution in [2.45, 2.75) is 20.1 Å². The smallest absolute Gasteiger partial charge is 0.387 e. The highest BCUT2D eigenvalue weighted by Gasteiger charge is 2.20. The highest BCUT2D eigenvalue weighted by Crippen LogP contribution is 2.22. The predicted molar refractivity (Wildman–Crippen MR) is 87.3 cm³/mol. The van der Waals surface area contributed by atoms with E-state index in [0.29, 0.717) is 6.54 Å². The third-order valence-electron chi connectivity index (χ3n) is 4.15. The first-order valence-electron chi connectivity index (χ1n) is 8.01. The summed E-state index contributed by atoms with van der Waals surface area (Å²) in [6.07, 6.45) is 3.35. The first kappa shape index (κ1) is 17.5. The fourth-order valence-corrected chi connectivity index (χ4v) is 2.92. The van der Waals surface area contributed by atoms with E-state index in [-0.39, 0.29) is 0 Å². The fourth-order valence-electron chi connectivity index (χ4n) is 2.92. The molecule has 5 nitrogen and oxygen atoms in total. The summed E-state index contributed by atoms with van der Waals surface area (Å²) in [5.74, 6) is -0.310. The topological polar surface area (TPSA) is 41.5 Å². The molecule has 0 N–H and O–H groups in total. The van der Waals surface area contributed by atoms with Crippen LogP contribution in [0.25, 0.3) is 0 Å². The van der Waals surface area contributed by atoms with Gasteiger partial charge in [0.15, 0.2) is 11.6 Å². The van der Waals surface area contributed by atoms with Crippen LogP contribution in [-0.2, 0) is 6.54 Å². The number of anilines is 1. The van der Waals surface area contributed by atoms with Gasteiger partial charge in [0, 0.05) is 45.1 Å². The molecule has 0 bridgehead atoms. The van der Waals surface area contributed by atoms with E-state index in [1.807, 2.05) is 6.92 Å². The Morgan fingerprint density at radius 1 is 1.12 bits per heavy atom. The van der Waals surface area contributed by atoms with Crippen LogP contribution in [0.15, 0.2) is 30.6 Å². The Hall–Kier alpha value is -2.35. The van der Waals surface area contributed by atoms with E-state index in [1.54, 1.807) is 18.5 Å². The Morgan fingerprint density at radius 2 is 1.84 bits per heavy atom. The molecule has 0 aliphatic carbocycles. The van der Waals surface area contributed by atoms with Crippen LogP contribution in [0.2, 0.25) is 0 Å². The van der Waals surface area contributed by atoms with Crippen molar-refractivity contribution >= 4 is 5.82 Å². The van der Waals surface area contributed by atoms with E-state index >= 15 is 0 Å². The van der Waals surface area contributed by atoms with Crippen molar-refractivity contribution in [2.24, 2.45) is 0 Å². The molecule has 1 saturated heterocycles. The summed E-state index contributed by atoms with van der Waals surface area (Å²) in [4.78, 5) is 13.0. The molecular formula is C17H19F3N4O. The lowest BCUT2D eigenvalue weighted by Crippen LogP contribution is -2.46. The van der Waals surface area contributed by atoms with E-state index < -0.39 is 18.2 Å². The second-order valence-corrected chi connectivity index (χ2v) is 5.87. The number of rotatable bonds is 5. The molecule has 2 aromatic rings. The molecule has 1 fully saturated rings. The Balaban J connectivity index is 1.57. The number of piperazine rings is 1. The molecule has 0 atom stereocenters. The molecule has 0 saturated carbocycles. The lowest BCUT2D eigenvalue weighted by atomic mass is 10.1. The number of alkyl halides is 2. The number of ether oxygens (including phenoxy) is 1. The zero-order chi connectivity index (χ0) is 17.8. The molecular weight excluding hydrogens is 333 g/mol. The van der Waals surface area contributed by atoms with Crippen LogP contribution in [0.3, 0.4) is 0 Å². The van der Waals surface area contributed by atoms with Crippen LogP contribution < -0.4 is 9.64 Å². The maximum absolute atomic E-state index is 13.8. The van der Waals surface area contributed by atoms with Gasteiger partial charge in [0.2, 0.25) is 0 Å². The van der Waals surface area contributed by atoms with Gasteiger partial charge in [-0.3, -0.25) is 9.88 Å². The average Bonchev–Trinajstić information content (AvgIpc) is 2.58. The number of halogens is 3. The van der Waals surface area contributed by atoms with Crippen molar-refractivity contribution in [3.05, 3.63) is 47.7 Å². The van der Waals surface area contributed by atoms with Gasteiger partial charge in [-0.1, -0.05) is 6.07 Å². The van der Waals surface area contributed by atoms with Crippen molar-refractivity contribution in [3.63, 3.8) is 0 Å². The number of hydrogen-bond donors (Lipinski definition) is 0. The fraction of sp³-hybridized carbons (Fsp3) is 0.412. The monoisotopic (exact) mass is 352 g/mol. The van der Waals surface area contributed by atoms with Gasteiger partial charge in [-0.15, -0.1) is 0 Å². The minimum absolute atomic E-state index is 0.429. The molecule has 0 radical (unpaired) electrons. The summed E-state index contributed by atoms with van der Waals surface area (Å²) in [5.41, 5.74) is 1.62. The number of nitrogens with zero attached hydrogens (tertiary/aromatic N) is 4. The Kier molecular flexibility index (Phi) is 5.37. The molecule has 0 spiro atoms. The molecule has 1 aliphatic heterocycles. The van der Waals surface area contributed by atoms with Crippen molar-refractivity contribution in [1.82, 2.24) is 14.9 Å². The molecule has 2 heterocycles. The summed E-state index contributed by atoms with van der Waals surface area (Å²) in [6.45, 7) is 2.65. The molecule has 1 aliphatic rings. The summed E-state index contributed by atoms with van der Waals surface area (Å²) in [6, 6.07) is 4.10. The van der Waals surface area contributed by atoms with Gasteiger partial charge in [-0.2, -0.15) is 8.78 Å². The van der Waals surface area contributed by atoms with Crippen molar-refractivity contribution in [3.8, 4) is 5.75 Å². The number of aromatic nitrogens is 2. The maximum atomic E-state index is 13.8. The zero-order valence-corrected chi connectivity index (χ0v) is 13.8. The van der Waals surface area contributed by atoms with Crippen LogP contribution in [-0.4, -0.2) is 47.7 Å². The van der Waals surface area contributed by atoms with E-state index in [1.165, 1.54) is 12.1 Å². The highest BCUT2D eigenvalue weighted by atomic mass is 19.3. The van der Waals surface area contributed by atoms with E-state index in [4.69, 9.17) is 0 Å². The summed E-state index contributed by atoms with van der Waals surface area (Å²) >= 11 is 0. The van der Waals surface area contributed by atoms with Gasteiger partial charge >= 0.3 is 6.61 Å². The molecule has 0 amide bonds. The van der Waals surface area contributed by atoms with Gasteiger partial charge < -0.3 is 9.64 Å². The van der Waals surface area contributed by atoms with Crippen molar-refractivity contribution in [2.75, 3.05) is 31.1 Å². The first-order chi connectivity index (χ1) is 12.0. The summed E-state index contributed by atoms with van der Waals surface area (Å²) < 4.78 is 42.2. The second-order valence-electron chi connectivity index (χ2n) is 5.87. The molecule has 1 aromatic carbocycles. The molecule has 8 heteroatoms. The van der Waals surface area contributed by atoms with Crippen molar-refractivity contribution < 1.29 is 17.9 Å². The van der Waals surface area contributed by atoms with Crippen LogP contribution in [0.4, 0.5) is 19.0 Å². The Labute approximate surface area is 144 Å². The lowest BCUT2D eigenvalue weighted by molar-refractivity contribution is -0.0522. The van der Waals surface area contributed by atoms with Gasteiger partial charge in [-0.05, 0) is 24.6 Å². The molecule has 0 unspecified atom stereocenters. The largest absolute Gasteiger partial charge is 0.432 e. The number of benzene rings is 1. The van der Waals surface area contributed by atoms with Gasteiger partial charge in [0.25, 0.3) is 0 Å². The number of hydrogen-bond acceptors (Lipinski definition) is 5. The van der Waals surface area contributed by atoms with Crippen LogP contribution in [0, 0.1) is 12.7 Å². The second kappa shape index (κ2) is 7.69. The average molecular weight is 352 g/mol. The molecule has 134 valence electrons. The minimum atomic E-state index is -3.03. The SMILES string of the molecule is Cc1nccnc1N1CCN(Cc2ccc(OC(F)F)c(F)c2)CC1. The summed E-state index contributed by atoms with van der Waals surface area (Å²) in [5, 5.41) is 0. The van der Waals surface area contributed by atoms with Gasteiger partial charge in [0.1, 0.15) is 5.82 Å². The zero-order valence-electron chi connectivity index (χ0n) is 13.8.